The molecule has 0 N–H and O–H groups in total. The summed E-state index contributed by atoms with van der Waals surface area (Å²) in [6.07, 6.45) is 4.84. The number of hydrogen-bond acceptors (Lipinski definition) is 1. The summed E-state index contributed by atoms with van der Waals surface area (Å²) in [5.74, 6) is 2.30. The average molecular weight is 436 g/mol. The number of morpholine rings is 1. The Hall–Kier alpha value is -3.17. The lowest BCUT2D eigenvalue weighted by Crippen LogP contribution is -2.43. The number of benzene rings is 3. The fraction of sp³-hybridized carbons (Fsp3) is 0.300. The molecule has 3 aliphatic rings. The lowest BCUT2D eigenvalue weighted by molar-refractivity contribution is -0.552. The molecule has 6 rings (SSSR count). The Morgan fingerprint density at radius 2 is 1.24 bits per heavy atom. The van der Waals surface area contributed by atoms with E-state index in [1.54, 1.807) is 0 Å². The summed E-state index contributed by atoms with van der Waals surface area (Å²) in [5, 5.41) is 0. The SMILES string of the molecule is CN1C(=[N+]2CCOCC2)C=CC2C1C2C(c1ccccc1)(c1ccccc1)c1ccccc1. The van der Waals surface area contributed by atoms with Crippen molar-refractivity contribution in [3.8, 4) is 0 Å². The van der Waals surface area contributed by atoms with Crippen molar-refractivity contribution in [2.45, 2.75) is 11.5 Å². The highest BCUT2D eigenvalue weighted by Crippen LogP contribution is 2.61. The second kappa shape index (κ2) is 8.31. The molecule has 0 aromatic heterocycles. The van der Waals surface area contributed by atoms with Gasteiger partial charge in [-0.15, -0.1) is 0 Å². The maximum absolute atomic E-state index is 5.61. The van der Waals surface area contributed by atoms with E-state index >= 15 is 0 Å². The van der Waals surface area contributed by atoms with E-state index < -0.39 is 0 Å². The van der Waals surface area contributed by atoms with Gasteiger partial charge in [0.1, 0.15) is 19.1 Å². The van der Waals surface area contributed by atoms with Gasteiger partial charge in [-0.3, -0.25) is 9.48 Å². The molecule has 1 saturated carbocycles. The Labute approximate surface area is 196 Å². The van der Waals surface area contributed by atoms with Crippen LogP contribution in [-0.4, -0.2) is 54.7 Å². The minimum absolute atomic E-state index is 0.210. The summed E-state index contributed by atoms with van der Waals surface area (Å²) in [4.78, 5) is 2.55. The number of nitrogens with zero attached hydrogens (tertiary/aromatic N) is 2. The van der Waals surface area contributed by atoms with Gasteiger partial charge in [0, 0.05) is 17.9 Å². The first-order chi connectivity index (χ1) is 16.3. The number of hydrogen-bond donors (Lipinski definition) is 0. The van der Waals surface area contributed by atoms with Crippen LogP contribution in [0.2, 0.25) is 0 Å². The highest BCUT2D eigenvalue weighted by Gasteiger charge is 2.67. The standard InChI is InChI=1S/C30H31N2O/c1-31-27(32-19-21-33-22-20-32)18-17-26-28(29(26)31)30(23-11-5-2-6-12-23,24-13-7-3-8-14-24)25-15-9-4-10-16-25/h2-18,26,28-29H,19-22H2,1H3/q+1. The van der Waals surface area contributed by atoms with Gasteiger partial charge in [0.2, 0.25) is 0 Å². The van der Waals surface area contributed by atoms with Crippen molar-refractivity contribution in [2.24, 2.45) is 11.8 Å². The largest absolute Gasteiger partial charge is 0.373 e. The zero-order valence-electron chi connectivity index (χ0n) is 19.2. The smallest absolute Gasteiger partial charge is 0.271 e. The van der Waals surface area contributed by atoms with E-state index in [1.807, 2.05) is 0 Å². The Balaban J connectivity index is 1.53. The number of fused-ring (bicyclic) bond motifs is 1. The third-order valence-corrected chi connectivity index (χ3v) is 7.83. The number of likely N-dealkylation sites (N-methyl/N-ethyl adjacent to an activating group) is 1. The molecule has 3 unspecified atom stereocenters. The van der Waals surface area contributed by atoms with Gasteiger partial charge in [-0.25, -0.2) is 0 Å². The Bertz CT molecular complexity index is 1070. The highest BCUT2D eigenvalue weighted by atomic mass is 16.5. The van der Waals surface area contributed by atoms with Gasteiger partial charge in [0.05, 0.1) is 25.7 Å². The van der Waals surface area contributed by atoms with E-state index in [9.17, 15) is 0 Å². The molecule has 0 amide bonds. The van der Waals surface area contributed by atoms with Gasteiger partial charge < -0.3 is 4.74 Å². The van der Waals surface area contributed by atoms with Crippen LogP contribution in [0.3, 0.4) is 0 Å². The second-order valence-electron chi connectivity index (χ2n) is 9.43. The highest BCUT2D eigenvalue weighted by molar-refractivity contribution is 5.91. The van der Waals surface area contributed by atoms with Crippen LogP contribution in [0, 0.1) is 11.8 Å². The maximum atomic E-state index is 5.61. The molecule has 3 aromatic carbocycles. The molecule has 3 heteroatoms. The van der Waals surface area contributed by atoms with E-state index in [4.69, 9.17) is 4.74 Å². The third kappa shape index (κ3) is 3.26. The number of rotatable bonds is 4. The molecule has 166 valence electrons. The molecule has 3 aromatic rings. The van der Waals surface area contributed by atoms with Crippen molar-refractivity contribution in [1.82, 2.24) is 4.90 Å². The molecule has 33 heavy (non-hydrogen) atoms. The predicted molar refractivity (Wildman–Crippen MR) is 133 cm³/mol. The van der Waals surface area contributed by atoms with Crippen LogP contribution in [0.25, 0.3) is 0 Å². The molecule has 3 atom stereocenters. The third-order valence-electron chi connectivity index (χ3n) is 7.83. The molecule has 3 nitrogen and oxygen atoms in total. The van der Waals surface area contributed by atoms with Crippen molar-refractivity contribution in [1.29, 1.82) is 0 Å². The molecule has 2 fully saturated rings. The van der Waals surface area contributed by atoms with Crippen LogP contribution in [0.1, 0.15) is 16.7 Å². The van der Waals surface area contributed by atoms with Crippen LogP contribution < -0.4 is 0 Å². The minimum Gasteiger partial charge on any atom is -0.373 e. The molecule has 2 heterocycles. The predicted octanol–water partition coefficient (Wildman–Crippen LogP) is 4.58. The van der Waals surface area contributed by atoms with Crippen molar-refractivity contribution >= 4 is 5.84 Å². The van der Waals surface area contributed by atoms with Crippen LogP contribution in [0.4, 0.5) is 0 Å². The van der Waals surface area contributed by atoms with Crippen LogP contribution in [-0.2, 0) is 10.2 Å². The molecule has 2 aliphatic heterocycles. The molecular formula is C30H31N2O+. The topological polar surface area (TPSA) is 15.5 Å². The summed E-state index contributed by atoms with van der Waals surface area (Å²) in [5.41, 5.74) is 3.91. The van der Waals surface area contributed by atoms with Crippen molar-refractivity contribution in [3.05, 3.63) is 120 Å². The summed E-state index contributed by atoms with van der Waals surface area (Å²) >= 11 is 0. The van der Waals surface area contributed by atoms with E-state index in [1.165, 1.54) is 22.5 Å². The van der Waals surface area contributed by atoms with Crippen LogP contribution in [0.5, 0.6) is 0 Å². The summed E-state index contributed by atoms with van der Waals surface area (Å²) in [7, 11) is 2.29. The van der Waals surface area contributed by atoms with Crippen molar-refractivity contribution in [3.63, 3.8) is 0 Å². The summed E-state index contributed by atoms with van der Waals surface area (Å²) in [6, 6.07) is 33.9. The van der Waals surface area contributed by atoms with Gasteiger partial charge in [-0.05, 0) is 16.7 Å². The fourth-order valence-electron chi connectivity index (χ4n) is 6.36. The quantitative estimate of drug-likeness (QED) is 0.440. The molecular weight excluding hydrogens is 404 g/mol. The second-order valence-corrected chi connectivity index (χ2v) is 9.43. The first-order valence-electron chi connectivity index (χ1n) is 12.1. The molecule has 0 spiro atoms. The minimum atomic E-state index is -0.210. The van der Waals surface area contributed by atoms with Gasteiger partial charge in [0.25, 0.3) is 5.84 Å². The molecule has 1 aliphatic carbocycles. The molecule has 0 radical (unpaired) electrons. The summed E-state index contributed by atoms with van der Waals surface area (Å²) in [6.45, 7) is 3.55. The maximum Gasteiger partial charge on any atom is 0.271 e. The number of ether oxygens (including phenoxy) is 1. The molecule has 0 bridgehead atoms. The van der Waals surface area contributed by atoms with E-state index in [2.05, 4.69) is 120 Å². The van der Waals surface area contributed by atoms with Gasteiger partial charge in [-0.1, -0.05) is 97.1 Å². The Morgan fingerprint density at radius 1 is 0.758 bits per heavy atom. The zero-order valence-corrected chi connectivity index (χ0v) is 19.2. The summed E-state index contributed by atoms with van der Waals surface area (Å²) < 4.78 is 8.10. The normalized spacial score (nSPS) is 24.5. The van der Waals surface area contributed by atoms with Gasteiger partial charge in [0.15, 0.2) is 0 Å². The van der Waals surface area contributed by atoms with E-state index in [0.717, 1.165) is 26.3 Å². The van der Waals surface area contributed by atoms with Crippen LogP contribution in [0.15, 0.2) is 103 Å². The molecule has 1 saturated heterocycles. The lowest BCUT2D eigenvalue weighted by Gasteiger charge is -2.37. The van der Waals surface area contributed by atoms with E-state index in [0.29, 0.717) is 17.9 Å². The monoisotopic (exact) mass is 435 g/mol. The van der Waals surface area contributed by atoms with Crippen molar-refractivity contribution < 1.29 is 9.31 Å². The first-order valence-corrected chi connectivity index (χ1v) is 12.1. The van der Waals surface area contributed by atoms with Crippen LogP contribution >= 0.6 is 0 Å². The van der Waals surface area contributed by atoms with Crippen molar-refractivity contribution in [2.75, 3.05) is 33.4 Å². The average Bonchev–Trinajstić information content (AvgIpc) is 3.63. The van der Waals surface area contributed by atoms with Gasteiger partial charge in [-0.2, -0.15) is 0 Å². The lowest BCUT2D eigenvalue weighted by atomic mass is 9.65. The van der Waals surface area contributed by atoms with E-state index in [-0.39, 0.29) is 5.41 Å². The Morgan fingerprint density at radius 3 is 1.73 bits per heavy atom. The fourth-order valence-corrected chi connectivity index (χ4v) is 6.36. The number of amidine groups is 1. The Kier molecular flexibility index (Phi) is 5.15. The van der Waals surface area contributed by atoms with Gasteiger partial charge >= 0.3 is 0 Å². The zero-order chi connectivity index (χ0) is 22.3. The first kappa shape index (κ1) is 20.4.